The monoisotopic (exact) mass is 241 g/mol. The number of aryl methyl sites for hydroxylation is 2. The quantitative estimate of drug-likeness (QED) is 0.769. The van der Waals surface area contributed by atoms with Crippen LogP contribution in [0.1, 0.15) is 28.4 Å². The highest BCUT2D eigenvalue weighted by atomic mass is 16.5. The molecule has 92 valence electrons. The zero-order valence-corrected chi connectivity index (χ0v) is 10.7. The molecular weight excluding hydrogens is 226 g/mol. The average molecular weight is 241 g/mol. The molecule has 3 nitrogen and oxygen atoms in total. The van der Waals surface area contributed by atoms with Crippen LogP contribution in [0.4, 0.5) is 0 Å². The molecule has 1 aromatic heterocycles. The van der Waals surface area contributed by atoms with Gasteiger partial charge in [-0.15, -0.1) is 0 Å². The summed E-state index contributed by atoms with van der Waals surface area (Å²) >= 11 is 0. The lowest BCUT2D eigenvalue weighted by molar-refractivity contribution is 0.101. The summed E-state index contributed by atoms with van der Waals surface area (Å²) in [5.41, 5.74) is 2.83. The van der Waals surface area contributed by atoms with Crippen LogP contribution in [0.5, 0.6) is 11.6 Å². The topological polar surface area (TPSA) is 39.2 Å². The van der Waals surface area contributed by atoms with E-state index in [1.54, 1.807) is 18.3 Å². The van der Waals surface area contributed by atoms with E-state index >= 15 is 0 Å². The van der Waals surface area contributed by atoms with Gasteiger partial charge in [-0.2, -0.15) is 0 Å². The molecule has 18 heavy (non-hydrogen) atoms. The molecule has 0 N–H and O–H groups in total. The Balaban J connectivity index is 2.28. The smallest absolute Gasteiger partial charge is 0.219 e. The number of pyridine rings is 1. The van der Waals surface area contributed by atoms with E-state index in [9.17, 15) is 4.79 Å². The summed E-state index contributed by atoms with van der Waals surface area (Å²) in [7, 11) is 0. The molecule has 1 heterocycles. The number of rotatable bonds is 3. The number of benzene rings is 1. The number of nitrogens with zero attached hydrogens (tertiary/aromatic N) is 1. The third-order valence-electron chi connectivity index (χ3n) is 2.69. The first kappa shape index (κ1) is 12.3. The van der Waals surface area contributed by atoms with Crippen LogP contribution in [-0.2, 0) is 0 Å². The van der Waals surface area contributed by atoms with Crippen molar-refractivity contribution in [1.29, 1.82) is 0 Å². The summed E-state index contributed by atoms with van der Waals surface area (Å²) in [6.45, 7) is 5.54. The minimum Gasteiger partial charge on any atom is -0.439 e. The standard InChI is InChI=1S/C15H15NO2/c1-10-4-5-14(11(2)8-10)18-15-9-13(12(3)17)6-7-16-15/h4-9H,1-3H3. The number of carbonyl (C=O) groups is 1. The molecule has 0 saturated carbocycles. The van der Waals surface area contributed by atoms with Crippen LogP contribution in [0.15, 0.2) is 36.5 Å². The van der Waals surface area contributed by atoms with Gasteiger partial charge in [-0.3, -0.25) is 4.79 Å². The number of hydrogen-bond acceptors (Lipinski definition) is 3. The van der Waals surface area contributed by atoms with Crippen LogP contribution in [-0.4, -0.2) is 10.8 Å². The van der Waals surface area contributed by atoms with Crippen molar-refractivity contribution in [3.8, 4) is 11.6 Å². The van der Waals surface area contributed by atoms with E-state index in [0.29, 0.717) is 11.4 Å². The molecule has 3 heteroatoms. The van der Waals surface area contributed by atoms with Crippen LogP contribution in [0.3, 0.4) is 0 Å². The SMILES string of the molecule is CC(=O)c1ccnc(Oc2ccc(C)cc2C)c1. The van der Waals surface area contributed by atoms with E-state index in [0.717, 1.165) is 11.3 Å². The van der Waals surface area contributed by atoms with Gasteiger partial charge in [-0.1, -0.05) is 17.7 Å². The summed E-state index contributed by atoms with van der Waals surface area (Å²) in [5.74, 6) is 1.20. The lowest BCUT2D eigenvalue weighted by atomic mass is 10.1. The highest BCUT2D eigenvalue weighted by Gasteiger charge is 2.05. The van der Waals surface area contributed by atoms with Crippen molar-refractivity contribution in [1.82, 2.24) is 4.98 Å². The van der Waals surface area contributed by atoms with E-state index in [1.165, 1.54) is 12.5 Å². The number of carbonyl (C=O) groups excluding carboxylic acids is 1. The van der Waals surface area contributed by atoms with Gasteiger partial charge in [0, 0.05) is 17.8 Å². The second kappa shape index (κ2) is 5.00. The maximum absolute atomic E-state index is 11.3. The number of ether oxygens (including phenoxy) is 1. The molecule has 0 atom stereocenters. The predicted molar refractivity (Wildman–Crippen MR) is 70.2 cm³/mol. The fourth-order valence-corrected chi connectivity index (χ4v) is 1.71. The highest BCUT2D eigenvalue weighted by molar-refractivity contribution is 5.94. The molecule has 0 aliphatic carbocycles. The van der Waals surface area contributed by atoms with Crippen molar-refractivity contribution < 1.29 is 9.53 Å². The fraction of sp³-hybridized carbons (Fsp3) is 0.200. The first-order chi connectivity index (χ1) is 8.56. The Morgan fingerprint density at radius 1 is 1.17 bits per heavy atom. The van der Waals surface area contributed by atoms with Crippen molar-refractivity contribution in [2.75, 3.05) is 0 Å². The Bertz CT molecular complexity index is 591. The third-order valence-corrected chi connectivity index (χ3v) is 2.69. The van der Waals surface area contributed by atoms with Crippen LogP contribution in [0.25, 0.3) is 0 Å². The molecule has 0 aliphatic rings. The normalized spacial score (nSPS) is 10.2. The highest BCUT2D eigenvalue weighted by Crippen LogP contribution is 2.24. The maximum atomic E-state index is 11.3. The second-order valence-electron chi connectivity index (χ2n) is 4.31. The van der Waals surface area contributed by atoms with Gasteiger partial charge in [0.2, 0.25) is 5.88 Å². The minimum atomic E-state index is 0.00266. The molecule has 1 aromatic carbocycles. The Morgan fingerprint density at radius 2 is 1.94 bits per heavy atom. The molecular formula is C15H15NO2. The van der Waals surface area contributed by atoms with Gasteiger partial charge < -0.3 is 4.74 Å². The van der Waals surface area contributed by atoms with E-state index < -0.39 is 0 Å². The zero-order chi connectivity index (χ0) is 13.1. The van der Waals surface area contributed by atoms with Crippen molar-refractivity contribution >= 4 is 5.78 Å². The Labute approximate surface area is 106 Å². The van der Waals surface area contributed by atoms with E-state index in [2.05, 4.69) is 4.98 Å². The molecule has 0 fully saturated rings. The first-order valence-electron chi connectivity index (χ1n) is 5.78. The second-order valence-corrected chi connectivity index (χ2v) is 4.31. The molecule has 0 aliphatic heterocycles. The Hall–Kier alpha value is -2.16. The summed E-state index contributed by atoms with van der Waals surface area (Å²) in [6, 6.07) is 9.27. The molecule has 2 rings (SSSR count). The zero-order valence-electron chi connectivity index (χ0n) is 10.7. The van der Waals surface area contributed by atoms with Gasteiger partial charge in [0.15, 0.2) is 5.78 Å². The molecule has 0 radical (unpaired) electrons. The maximum Gasteiger partial charge on any atom is 0.219 e. The number of aromatic nitrogens is 1. The van der Waals surface area contributed by atoms with Gasteiger partial charge in [-0.05, 0) is 38.5 Å². The molecule has 0 amide bonds. The molecule has 0 unspecified atom stereocenters. The van der Waals surface area contributed by atoms with E-state index in [-0.39, 0.29) is 5.78 Å². The number of Topliss-reactive ketones (excluding diaryl/α,β-unsaturated/α-hetero) is 1. The number of hydrogen-bond donors (Lipinski definition) is 0. The van der Waals surface area contributed by atoms with Gasteiger partial charge in [0.05, 0.1) is 0 Å². The van der Waals surface area contributed by atoms with Crippen LogP contribution in [0, 0.1) is 13.8 Å². The molecule has 2 aromatic rings. The lowest BCUT2D eigenvalue weighted by Crippen LogP contribution is -1.95. The third kappa shape index (κ3) is 2.74. The Morgan fingerprint density at radius 3 is 2.61 bits per heavy atom. The summed E-state index contributed by atoms with van der Waals surface area (Å²) < 4.78 is 5.69. The minimum absolute atomic E-state index is 0.00266. The Kier molecular flexibility index (Phi) is 3.42. The van der Waals surface area contributed by atoms with Crippen molar-refractivity contribution in [3.05, 3.63) is 53.2 Å². The van der Waals surface area contributed by atoms with E-state index in [4.69, 9.17) is 4.74 Å². The van der Waals surface area contributed by atoms with Crippen LogP contribution >= 0.6 is 0 Å². The summed E-state index contributed by atoms with van der Waals surface area (Å²) in [4.78, 5) is 15.4. The van der Waals surface area contributed by atoms with Gasteiger partial charge in [0.25, 0.3) is 0 Å². The predicted octanol–water partition coefficient (Wildman–Crippen LogP) is 3.69. The van der Waals surface area contributed by atoms with Gasteiger partial charge in [0.1, 0.15) is 5.75 Å². The molecule has 0 saturated heterocycles. The van der Waals surface area contributed by atoms with Gasteiger partial charge in [-0.25, -0.2) is 4.98 Å². The summed E-state index contributed by atoms with van der Waals surface area (Å²) in [5, 5.41) is 0. The first-order valence-corrected chi connectivity index (χ1v) is 5.78. The molecule has 0 bridgehead atoms. The number of ketones is 1. The van der Waals surface area contributed by atoms with Crippen molar-refractivity contribution in [3.63, 3.8) is 0 Å². The van der Waals surface area contributed by atoms with Crippen molar-refractivity contribution in [2.45, 2.75) is 20.8 Å². The van der Waals surface area contributed by atoms with Crippen LogP contribution in [0.2, 0.25) is 0 Å². The summed E-state index contributed by atoms with van der Waals surface area (Å²) in [6.07, 6.45) is 1.58. The lowest BCUT2D eigenvalue weighted by Gasteiger charge is -2.08. The van der Waals surface area contributed by atoms with Crippen molar-refractivity contribution in [2.24, 2.45) is 0 Å². The van der Waals surface area contributed by atoms with Crippen LogP contribution < -0.4 is 4.74 Å². The fourth-order valence-electron chi connectivity index (χ4n) is 1.71. The average Bonchev–Trinajstić information content (AvgIpc) is 2.33. The van der Waals surface area contributed by atoms with E-state index in [1.807, 2.05) is 32.0 Å². The largest absolute Gasteiger partial charge is 0.439 e. The van der Waals surface area contributed by atoms with Gasteiger partial charge >= 0.3 is 0 Å². The molecule has 0 spiro atoms.